The van der Waals surface area contributed by atoms with Crippen LogP contribution in [0.2, 0.25) is 0 Å². The van der Waals surface area contributed by atoms with Crippen LogP contribution in [-0.2, 0) is 0 Å². The number of benzene rings is 1. The second kappa shape index (κ2) is 8.33. The first-order chi connectivity index (χ1) is 9.86. The first kappa shape index (κ1) is 17.9. The molecule has 0 fully saturated rings. The molecule has 0 saturated heterocycles. The molecule has 0 unspecified atom stereocenters. The van der Waals surface area contributed by atoms with Crippen LogP contribution in [0.15, 0.2) is 12.1 Å². The van der Waals surface area contributed by atoms with Crippen LogP contribution in [0.1, 0.15) is 67.1 Å². The van der Waals surface area contributed by atoms with E-state index in [-0.39, 0.29) is 5.78 Å². The van der Waals surface area contributed by atoms with Crippen molar-refractivity contribution in [2.45, 2.75) is 66.8 Å². The van der Waals surface area contributed by atoms with Gasteiger partial charge in [0.1, 0.15) is 0 Å². The number of aryl methyl sites for hydroxylation is 3. The Bertz CT molecular complexity index is 477. The van der Waals surface area contributed by atoms with Gasteiger partial charge in [0, 0.05) is 11.6 Å². The Balaban J connectivity index is 2.80. The van der Waals surface area contributed by atoms with E-state index in [0.717, 1.165) is 17.7 Å². The maximum absolute atomic E-state index is 12.6. The van der Waals surface area contributed by atoms with Gasteiger partial charge in [-0.1, -0.05) is 25.8 Å². The Labute approximate surface area is 130 Å². The van der Waals surface area contributed by atoms with Gasteiger partial charge in [-0.25, -0.2) is 0 Å². The number of carbonyl (C=O) groups excluding carboxylic acids is 1. The molecule has 118 valence electrons. The number of unbranched alkanes of at least 4 members (excludes halogenated alkanes) is 2. The number of nitrogens with zero attached hydrogens (tertiary/aromatic N) is 1. The highest BCUT2D eigenvalue weighted by Crippen LogP contribution is 2.17. The molecule has 0 aliphatic carbocycles. The van der Waals surface area contributed by atoms with Crippen LogP contribution < -0.4 is 0 Å². The Morgan fingerprint density at radius 3 is 2.24 bits per heavy atom. The lowest BCUT2D eigenvalue weighted by atomic mass is 9.97. The maximum Gasteiger partial charge on any atom is 0.177 e. The summed E-state index contributed by atoms with van der Waals surface area (Å²) in [6, 6.07) is 4.59. The third kappa shape index (κ3) is 5.28. The van der Waals surface area contributed by atoms with Gasteiger partial charge >= 0.3 is 0 Å². The fraction of sp³-hybridized carbons (Fsp3) is 0.632. The van der Waals surface area contributed by atoms with Gasteiger partial charge in [0.2, 0.25) is 0 Å². The highest BCUT2D eigenvalue weighted by Gasteiger charge is 2.17. The summed E-state index contributed by atoms with van der Waals surface area (Å²) in [7, 11) is 0. The minimum atomic E-state index is 0.251. The molecule has 21 heavy (non-hydrogen) atoms. The summed E-state index contributed by atoms with van der Waals surface area (Å²) in [6.07, 6.45) is 3.63. The summed E-state index contributed by atoms with van der Waals surface area (Å²) in [4.78, 5) is 14.9. The third-order valence-electron chi connectivity index (χ3n) is 4.27. The zero-order valence-electron chi connectivity index (χ0n) is 14.6. The molecule has 0 radical (unpaired) electrons. The zero-order valence-corrected chi connectivity index (χ0v) is 14.6. The van der Waals surface area contributed by atoms with Gasteiger partial charge in [0.05, 0.1) is 6.54 Å². The van der Waals surface area contributed by atoms with Crippen molar-refractivity contribution < 1.29 is 4.79 Å². The number of carbonyl (C=O) groups is 1. The molecule has 0 saturated carbocycles. The lowest BCUT2D eigenvalue weighted by Crippen LogP contribution is -2.36. The number of hydrogen-bond donors (Lipinski definition) is 0. The Morgan fingerprint density at radius 2 is 1.67 bits per heavy atom. The quantitative estimate of drug-likeness (QED) is 0.511. The average molecular weight is 289 g/mol. The summed E-state index contributed by atoms with van der Waals surface area (Å²) < 4.78 is 0. The van der Waals surface area contributed by atoms with Crippen LogP contribution >= 0.6 is 0 Å². The van der Waals surface area contributed by atoms with Gasteiger partial charge in [0.25, 0.3) is 0 Å². The van der Waals surface area contributed by atoms with E-state index in [0.29, 0.717) is 12.6 Å². The van der Waals surface area contributed by atoms with Crippen molar-refractivity contribution in [3.8, 4) is 0 Å². The molecule has 0 aliphatic rings. The highest BCUT2D eigenvalue weighted by atomic mass is 16.1. The van der Waals surface area contributed by atoms with E-state index in [1.54, 1.807) is 0 Å². The van der Waals surface area contributed by atoms with Crippen molar-refractivity contribution >= 4 is 5.78 Å². The van der Waals surface area contributed by atoms with Crippen LogP contribution in [0.3, 0.4) is 0 Å². The van der Waals surface area contributed by atoms with Crippen molar-refractivity contribution in [3.05, 3.63) is 34.4 Å². The molecule has 1 aromatic rings. The van der Waals surface area contributed by atoms with Crippen LogP contribution in [0.25, 0.3) is 0 Å². The van der Waals surface area contributed by atoms with E-state index in [1.165, 1.54) is 30.4 Å². The Morgan fingerprint density at radius 1 is 1.05 bits per heavy atom. The molecule has 0 spiro atoms. The molecule has 0 N–H and O–H groups in total. The summed E-state index contributed by atoms with van der Waals surface area (Å²) in [6.45, 7) is 14.3. The maximum atomic E-state index is 12.6. The lowest BCUT2D eigenvalue weighted by molar-refractivity contribution is 0.0903. The number of hydrogen-bond acceptors (Lipinski definition) is 2. The molecular weight excluding hydrogens is 258 g/mol. The van der Waals surface area contributed by atoms with Gasteiger partial charge in [-0.3, -0.25) is 9.69 Å². The predicted molar refractivity (Wildman–Crippen MR) is 91.2 cm³/mol. The van der Waals surface area contributed by atoms with Gasteiger partial charge in [-0.15, -0.1) is 0 Å². The Kier molecular flexibility index (Phi) is 7.10. The van der Waals surface area contributed by atoms with Gasteiger partial charge in [-0.05, 0) is 70.3 Å². The summed E-state index contributed by atoms with van der Waals surface area (Å²) >= 11 is 0. The second-order valence-electron chi connectivity index (χ2n) is 6.45. The molecular formula is C19H31NO. The smallest absolute Gasteiger partial charge is 0.177 e. The molecule has 1 rings (SSSR count). The van der Waals surface area contributed by atoms with Crippen LogP contribution in [0.4, 0.5) is 0 Å². The number of Topliss-reactive ketones (excluding diaryl/α,β-unsaturated/α-hetero) is 1. The molecule has 0 aliphatic heterocycles. The summed E-state index contributed by atoms with van der Waals surface area (Å²) in [5.41, 5.74) is 4.44. The zero-order chi connectivity index (χ0) is 16.0. The predicted octanol–water partition coefficient (Wildman–Crippen LogP) is 4.70. The normalized spacial score (nSPS) is 11.4. The van der Waals surface area contributed by atoms with Crippen molar-refractivity contribution in [1.29, 1.82) is 0 Å². The Hall–Kier alpha value is -1.15. The van der Waals surface area contributed by atoms with E-state index >= 15 is 0 Å². The monoisotopic (exact) mass is 289 g/mol. The largest absolute Gasteiger partial charge is 0.293 e. The summed E-state index contributed by atoms with van der Waals surface area (Å²) in [5.74, 6) is 0.251. The average Bonchev–Trinajstić information content (AvgIpc) is 2.41. The number of ketones is 1. The van der Waals surface area contributed by atoms with Gasteiger partial charge in [0.15, 0.2) is 5.78 Å². The second-order valence-corrected chi connectivity index (χ2v) is 6.45. The highest BCUT2D eigenvalue weighted by molar-refractivity contribution is 5.99. The van der Waals surface area contributed by atoms with Crippen molar-refractivity contribution in [1.82, 2.24) is 4.90 Å². The fourth-order valence-corrected chi connectivity index (χ4v) is 2.62. The summed E-state index contributed by atoms with van der Waals surface area (Å²) in [5, 5.41) is 0. The molecule has 0 heterocycles. The molecule has 0 aromatic heterocycles. The van der Waals surface area contributed by atoms with Crippen molar-refractivity contribution in [2.24, 2.45) is 0 Å². The standard InChI is InChI=1S/C19H31NO/c1-7-8-9-10-20(14(2)3)13-19(21)18-12-16(5)15(4)11-17(18)6/h11-12,14H,7-10,13H2,1-6H3. The molecule has 0 amide bonds. The molecule has 1 aromatic carbocycles. The third-order valence-corrected chi connectivity index (χ3v) is 4.27. The van der Waals surface area contributed by atoms with Crippen LogP contribution in [0, 0.1) is 20.8 Å². The van der Waals surface area contributed by atoms with Gasteiger partial charge < -0.3 is 0 Å². The molecule has 0 atom stereocenters. The first-order valence-electron chi connectivity index (χ1n) is 8.21. The lowest BCUT2D eigenvalue weighted by Gasteiger charge is -2.26. The topological polar surface area (TPSA) is 20.3 Å². The van der Waals surface area contributed by atoms with Crippen LogP contribution in [0.5, 0.6) is 0 Å². The van der Waals surface area contributed by atoms with Crippen LogP contribution in [-0.4, -0.2) is 29.8 Å². The van der Waals surface area contributed by atoms with Crippen molar-refractivity contribution in [2.75, 3.05) is 13.1 Å². The molecule has 0 bridgehead atoms. The minimum Gasteiger partial charge on any atom is -0.293 e. The molecule has 2 nitrogen and oxygen atoms in total. The SMILES string of the molecule is CCCCCN(CC(=O)c1cc(C)c(C)cc1C)C(C)C. The van der Waals surface area contributed by atoms with E-state index in [4.69, 9.17) is 0 Å². The number of rotatable bonds is 8. The minimum absolute atomic E-state index is 0.251. The van der Waals surface area contributed by atoms with E-state index in [9.17, 15) is 4.79 Å². The first-order valence-corrected chi connectivity index (χ1v) is 8.21. The van der Waals surface area contributed by atoms with E-state index in [1.807, 2.05) is 6.92 Å². The molecule has 2 heteroatoms. The van der Waals surface area contributed by atoms with E-state index < -0.39 is 0 Å². The fourth-order valence-electron chi connectivity index (χ4n) is 2.62. The van der Waals surface area contributed by atoms with Crippen molar-refractivity contribution in [3.63, 3.8) is 0 Å². The van der Waals surface area contributed by atoms with E-state index in [2.05, 4.69) is 51.7 Å². The van der Waals surface area contributed by atoms with Gasteiger partial charge in [-0.2, -0.15) is 0 Å².